The lowest BCUT2D eigenvalue weighted by molar-refractivity contribution is 0.0532. The molecule has 152 valence electrons. The van der Waals surface area contributed by atoms with Crippen LogP contribution in [0.1, 0.15) is 16.6 Å². The minimum atomic E-state index is -0.448. The highest BCUT2D eigenvalue weighted by Gasteiger charge is 2.25. The van der Waals surface area contributed by atoms with Gasteiger partial charge in [-0.15, -0.1) is 11.3 Å². The van der Waals surface area contributed by atoms with Crippen molar-refractivity contribution in [2.45, 2.75) is 6.92 Å². The molecule has 0 radical (unpaired) electrons. The van der Waals surface area contributed by atoms with E-state index in [1.807, 2.05) is 4.90 Å². The Labute approximate surface area is 173 Å². The first-order valence-corrected chi connectivity index (χ1v) is 10.5. The summed E-state index contributed by atoms with van der Waals surface area (Å²) in [5, 5.41) is 3.08. The molecule has 3 aromatic rings. The fourth-order valence-electron chi connectivity index (χ4n) is 2.90. The number of hydrogen-bond donors (Lipinski definition) is 2. The number of nitrogen functional groups attached to an aromatic ring is 1. The summed E-state index contributed by atoms with van der Waals surface area (Å²) in [5.74, 6) is 0.447. The number of hydrogen-bond acceptors (Lipinski definition) is 11. The fourth-order valence-corrected chi connectivity index (χ4v) is 4.26. The molecule has 1 fully saturated rings. The molecule has 0 unspecified atom stereocenters. The summed E-state index contributed by atoms with van der Waals surface area (Å²) in [5.41, 5.74) is 8.24. The lowest BCUT2D eigenvalue weighted by atomic mass is 10.3. The molecule has 0 atom stereocenters. The minimum Gasteiger partial charge on any atom is -0.462 e. The fraction of sp³-hybridized carbons (Fsp3) is 0.375. The van der Waals surface area contributed by atoms with Gasteiger partial charge in [0, 0.05) is 26.2 Å². The van der Waals surface area contributed by atoms with E-state index in [1.54, 1.807) is 17.3 Å². The van der Waals surface area contributed by atoms with Gasteiger partial charge in [-0.25, -0.2) is 24.5 Å². The molecule has 11 nitrogen and oxygen atoms in total. The Hall–Kier alpha value is -3.06. The molecule has 1 aliphatic heterocycles. The van der Waals surface area contributed by atoms with Crippen molar-refractivity contribution in [3.05, 3.63) is 16.6 Å². The van der Waals surface area contributed by atoms with Gasteiger partial charge in [-0.05, 0) is 6.92 Å². The van der Waals surface area contributed by atoms with Gasteiger partial charge in [0.05, 0.1) is 18.3 Å². The van der Waals surface area contributed by atoms with Crippen LogP contribution in [0.2, 0.25) is 0 Å². The van der Waals surface area contributed by atoms with E-state index in [1.165, 1.54) is 17.5 Å². The molecule has 4 heterocycles. The second kappa shape index (κ2) is 8.13. The van der Waals surface area contributed by atoms with E-state index in [-0.39, 0.29) is 18.6 Å². The first-order chi connectivity index (χ1) is 14.0. The molecule has 4 rings (SSSR count). The third-order valence-electron chi connectivity index (χ3n) is 4.26. The van der Waals surface area contributed by atoms with Crippen LogP contribution in [-0.4, -0.2) is 69.6 Å². The topological polar surface area (TPSA) is 139 Å². The largest absolute Gasteiger partial charge is 0.462 e. The van der Waals surface area contributed by atoms with Gasteiger partial charge in [-0.1, -0.05) is 11.3 Å². The van der Waals surface area contributed by atoms with Crippen LogP contribution in [0.15, 0.2) is 11.7 Å². The van der Waals surface area contributed by atoms with Crippen LogP contribution in [0, 0.1) is 0 Å². The number of aromatic nitrogens is 4. The third kappa shape index (κ3) is 4.05. The van der Waals surface area contributed by atoms with Gasteiger partial charge < -0.3 is 20.3 Å². The Balaban J connectivity index is 1.37. The van der Waals surface area contributed by atoms with Crippen molar-refractivity contribution >= 4 is 61.9 Å². The maximum absolute atomic E-state index is 12.5. The van der Waals surface area contributed by atoms with Crippen molar-refractivity contribution in [3.63, 3.8) is 0 Å². The number of ether oxygens (including phenoxy) is 1. The molecular formula is C16H18N8O3S2. The predicted molar refractivity (Wildman–Crippen MR) is 110 cm³/mol. The summed E-state index contributed by atoms with van der Waals surface area (Å²) in [6.07, 6.45) is 1.40. The number of thiazole rings is 2. The minimum absolute atomic E-state index is 0.207. The summed E-state index contributed by atoms with van der Waals surface area (Å²) in [6.45, 7) is 4.18. The predicted octanol–water partition coefficient (Wildman–Crippen LogP) is 1.66. The highest BCUT2D eigenvalue weighted by Crippen LogP contribution is 2.27. The van der Waals surface area contributed by atoms with Gasteiger partial charge in [-0.3, -0.25) is 5.32 Å². The highest BCUT2D eigenvalue weighted by molar-refractivity contribution is 7.17. The van der Waals surface area contributed by atoms with Crippen LogP contribution in [-0.2, 0) is 4.74 Å². The molecule has 3 aromatic heterocycles. The summed E-state index contributed by atoms with van der Waals surface area (Å²) >= 11 is 2.49. The van der Waals surface area contributed by atoms with Gasteiger partial charge in [0.2, 0.25) is 5.95 Å². The number of nitrogens with zero attached hydrogens (tertiary/aromatic N) is 6. The summed E-state index contributed by atoms with van der Waals surface area (Å²) in [6, 6.07) is -0.268. The molecule has 13 heteroatoms. The Morgan fingerprint density at radius 2 is 2.03 bits per heavy atom. The maximum atomic E-state index is 12.5. The number of carbonyl (C=O) groups is 2. The Morgan fingerprint density at radius 1 is 1.24 bits per heavy atom. The number of urea groups is 1. The van der Waals surface area contributed by atoms with Crippen LogP contribution in [0.5, 0.6) is 0 Å². The molecule has 0 aromatic carbocycles. The third-order valence-corrected chi connectivity index (χ3v) is 5.87. The number of nitrogens with one attached hydrogen (secondary N) is 1. The maximum Gasteiger partial charge on any atom is 0.350 e. The number of anilines is 3. The Kier molecular flexibility index (Phi) is 5.40. The molecular weight excluding hydrogens is 416 g/mol. The number of piperazine rings is 1. The van der Waals surface area contributed by atoms with Crippen molar-refractivity contribution in [2.24, 2.45) is 0 Å². The highest BCUT2D eigenvalue weighted by atomic mass is 32.1. The number of amides is 2. The molecule has 1 saturated heterocycles. The summed E-state index contributed by atoms with van der Waals surface area (Å²) < 4.78 is 4.93. The van der Waals surface area contributed by atoms with Crippen molar-refractivity contribution in [1.29, 1.82) is 0 Å². The molecule has 0 saturated carbocycles. The van der Waals surface area contributed by atoms with Gasteiger partial charge in [-0.2, -0.15) is 4.98 Å². The molecule has 2 amide bonds. The number of esters is 1. The number of fused-ring (bicyclic) bond motifs is 1. The van der Waals surface area contributed by atoms with Gasteiger partial charge in [0.15, 0.2) is 15.8 Å². The lowest BCUT2D eigenvalue weighted by Gasteiger charge is -2.35. The van der Waals surface area contributed by atoms with Crippen molar-refractivity contribution < 1.29 is 14.3 Å². The van der Waals surface area contributed by atoms with Crippen LogP contribution < -0.4 is 16.0 Å². The van der Waals surface area contributed by atoms with E-state index >= 15 is 0 Å². The first-order valence-electron chi connectivity index (χ1n) is 8.85. The number of rotatable bonds is 4. The molecule has 29 heavy (non-hydrogen) atoms. The Morgan fingerprint density at radius 3 is 2.79 bits per heavy atom. The zero-order valence-electron chi connectivity index (χ0n) is 15.5. The van der Waals surface area contributed by atoms with E-state index < -0.39 is 5.97 Å². The second-order valence-corrected chi connectivity index (χ2v) is 7.93. The average molecular weight is 435 g/mol. The van der Waals surface area contributed by atoms with Gasteiger partial charge in [0.1, 0.15) is 10.4 Å². The van der Waals surface area contributed by atoms with E-state index in [9.17, 15) is 9.59 Å². The van der Waals surface area contributed by atoms with Crippen molar-refractivity contribution in [2.75, 3.05) is 48.7 Å². The van der Waals surface area contributed by atoms with Gasteiger partial charge >= 0.3 is 12.0 Å². The normalized spacial score (nSPS) is 14.2. The van der Waals surface area contributed by atoms with E-state index in [2.05, 4.69) is 25.3 Å². The summed E-state index contributed by atoms with van der Waals surface area (Å²) in [7, 11) is 0. The second-order valence-electron chi connectivity index (χ2n) is 6.07. The zero-order valence-corrected chi connectivity index (χ0v) is 17.1. The number of carbonyl (C=O) groups excluding carboxylic acids is 2. The van der Waals surface area contributed by atoms with Gasteiger partial charge in [0.25, 0.3) is 0 Å². The monoisotopic (exact) mass is 434 g/mol. The quantitative estimate of drug-likeness (QED) is 0.587. The molecule has 3 N–H and O–H groups in total. The first kappa shape index (κ1) is 19.3. The van der Waals surface area contributed by atoms with Crippen molar-refractivity contribution in [3.8, 4) is 0 Å². The molecule has 0 aliphatic carbocycles. The SMILES string of the molecule is CCOC(=O)c1cnc(NC(=O)N2CCN(c3nc(N)nc4scnc34)CC2)s1. The van der Waals surface area contributed by atoms with Crippen LogP contribution in [0.25, 0.3) is 10.3 Å². The van der Waals surface area contributed by atoms with Crippen LogP contribution in [0.4, 0.5) is 21.7 Å². The van der Waals surface area contributed by atoms with Crippen molar-refractivity contribution in [1.82, 2.24) is 24.8 Å². The average Bonchev–Trinajstić information content (AvgIpc) is 3.37. The molecule has 0 bridgehead atoms. The number of nitrogens with two attached hydrogens (primary N) is 1. The smallest absolute Gasteiger partial charge is 0.350 e. The summed E-state index contributed by atoms with van der Waals surface area (Å²) in [4.78, 5) is 46.0. The van der Waals surface area contributed by atoms with E-state index in [4.69, 9.17) is 10.5 Å². The van der Waals surface area contributed by atoms with Crippen LogP contribution in [0.3, 0.4) is 0 Å². The molecule has 1 aliphatic rings. The lowest BCUT2D eigenvalue weighted by Crippen LogP contribution is -2.50. The van der Waals surface area contributed by atoms with E-state index in [0.29, 0.717) is 42.0 Å². The Bertz CT molecular complexity index is 1040. The van der Waals surface area contributed by atoms with E-state index in [0.717, 1.165) is 21.7 Å². The van der Waals surface area contributed by atoms with Crippen LogP contribution >= 0.6 is 22.7 Å². The zero-order chi connectivity index (χ0) is 20.4. The molecule has 0 spiro atoms. The standard InChI is InChI=1S/C16H18N8O3S2/c1-2-27-13(25)9-7-18-15(29-9)22-16(26)24-5-3-23(4-6-24)11-10-12(28-8-19-10)21-14(17)20-11/h7-8H,2-6H2,1H3,(H2,17,20,21)(H,18,22,26).